The second kappa shape index (κ2) is 6.88. The van der Waals surface area contributed by atoms with Gasteiger partial charge in [-0.05, 0) is 38.5 Å². The van der Waals surface area contributed by atoms with Gasteiger partial charge < -0.3 is 9.30 Å². The molecular weight excluding hydrogens is 294 g/mol. The highest BCUT2D eigenvalue weighted by molar-refractivity contribution is 5.93. The zero-order chi connectivity index (χ0) is 17.0. The van der Waals surface area contributed by atoms with Crippen LogP contribution in [0.2, 0.25) is 0 Å². The van der Waals surface area contributed by atoms with Gasteiger partial charge in [0.25, 0.3) is 0 Å². The molecule has 2 rings (SSSR count). The maximum atomic E-state index is 12.6. The Hall–Kier alpha value is -2.94. The molecule has 0 fully saturated rings. The highest BCUT2D eigenvalue weighted by atomic mass is 16.5. The Labute approximate surface area is 133 Å². The number of aryl methyl sites for hydroxylation is 2. The van der Waals surface area contributed by atoms with E-state index < -0.39 is 11.4 Å². The van der Waals surface area contributed by atoms with Gasteiger partial charge in [0.05, 0.1) is 18.1 Å². The highest BCUT2D eigenvalue weighted by Gasteiger charge is 2.17. The molecule has 0 aliphatic carbocycles. The highest BCUT2D eigenvalue weighted by Crippen LogP contribution is 2.17. The summed E-state index contributed by atoms with van der Waals surface area (Å²) in [6.45, 7) is 6.15. The Bertz CT molecular complexity index is 889. The largest absolute Gasteiger partial charge is 0.462 e. The Morgan fingerprint density at radius 3 is 2.83 bits per heavy atom. The van der Waals surface area contributed by atoms with E-state index in [4.69, 9.17) is 10.00 Å². The van der Waals surface area contributed by atoms with Crippen LogP contribution in [0.1, 0.15) is 35.5 Å². The van der Waals surface area contributed by atoms with Gasteiger partial charge >= 0.3 is 5.97 Å². The fraction of sp³-hybridized carbons (Fsp3) is 0.294. The quantitative estimate of drug-likeness (QED) is 0.639. The maximum absolute atomic E-state index is 12.6. The number of carbonyl (C=O) groups is 1. The van der Waals surface area contributed by atoms with Crippen LogP contribution in [0.25, 0.3) is 17.1 Å². The van der Waals surface area contributed by atoms with Crippen LogP contribution in [0.15, 0.2) is 23.1 Å². The molecule has 0 radical (unpaired) electrons. The monoisotopic (exact) mass is 311 g/mol. The molecule has 23 heavy (non-hydrogen) atoms. The molecule has 2 aromatic heterocycles. The van der Waals surface area contributed by atoms with Crippen LogP contribution in [0.4, 0.5) is 0 Å². The Balaban J connectivity index is 2.80. The van der Waals surface area contributed by atoms with Crippen molar-refractivity contribution in [2.24, 2.45) is 0 Å². The number of rotatable bonds is 4. The minimum atomic E-state index is -0.642. The molecule has 0 amide bonds. The summed E-state index contributed by atoms with van der Waals surface area (Å²) >= 11 is 0. The lowest BCUT2D eigenvalue weighted by atomic mass is 10.1. The molecule has 0 spiro atoms. The molecule has 2 aromatic rings. The first-order valence-corrected chi connectivity index (χ1v) is 7.31. The molecule has 118 valence electrons. The number of pyridine rings is 2. The van der Waals surface area contributed by atoms with E-state index in [0.717, 1.165) is 0 Å². The lowest BCUT2D eigenvalue weighted by Crippen LogP contribution is -2.21. The van der Waals surface area contributed by atoms with Crippen molar-refractivity contribution >= 4 is 23.1 Å². The van der Waals surface area contributed by atoms with Crippen LogP contribution in [0.3, 0.4) is 0 Å². The van der Waals surface area contributed by atoms with E-state index in [1.54, 1.807) is 30.6 Å². The Morgan fingerprint density at radius 1 is 1.48 bits per heavy atom. The van der Waals surface area contributed by atoms with Crippen LogP contribution >= 0.6 is 0 Å². The molecule has 0 aliphatic heterocycles. The molecule has 6 heteroatoms. The van der Waals surface area contributed by atoms with Gasteiger partial charge in [-0.1, -0.05) is 0 Å². The van der Waals surface area contributed by atoms with E-state index in [0.29, 0.717) is 28.8 Å². The Kier molecular flexibility index (Phi) is 4.91. The lowest BCUT2D eigenvalue weighted by Gasteiger charge is -2.12. The summed E-state index contributed by atoms with van der Waals surface area (Å²) in [7, 11) is 0. The van der Waals surface area contributed by atoms with Gasteiger partial charge in [-0.3, -0.25) is 4.79 Å². The normalized spacial score (nSPS) is 10.9. The molecule has 0 unspecified atom stereocenters. The SMILES string of the molecule is CCOC(=O)c1cn(CC)c2nc(C)c(/C=C/C#N)cc2c1=O. The fourth-order valence-electron chi connectivity index (χ4n) is 2.31. The second-order valence-electron chi connectivity index (χ2n) is 4.87. The predicted molar refractivity (Wildman–Crippen MR) is 87.0 cm³/mol. The molecule has 0 saturated carbocycles. The molecule has 2 heterocycles. The summed E-state index contributed by atoms with van der Waals surface area (Å²) in [4.78, 5) is 29.1. The first kappa shape index (κ1) is 16.4. The van der Waals surface area contributed by atoms with Gasteiger partial charge in [0.15, 0.2) is 0 Å². The molecule has 6 nitrogen and oxygen atoms in total. The molecule has 0 N–H and O–H groups in total. The zero-order valence-electron chi connectivity index (χ0n) is 13.3. The van der Waals surface area contributed by atoms with Crippen molar-refractivity contribution in [2.45, 2.75) is 27.3 Å². The third-order valence-corrected chi connectivity index (χ3v) is 3.45. The molecule has 0 atom stereocenters. The van der Waals surface area contributed by atoms with Gasteiger partial charge in [-0.2, -0.15) is 5.26 Å². The number of ether oxygens (including phenoxy) is 1. The van der Waals surface area contributed by atoms with Crippen molar-refractivity contribution in [1.82, 2.24) is 9.55 Å². The number of carbonyl (C=O) groups excluding carboxylic acids is 1. The van der Waals surface area contributed by atoms with Crippen LogP contribution in [-0.2, 0) is 11.3 Å². The molecular formula is C17H17N3O3. The Morgan fingerprint density at radius 2 is 2.22 bits per heavy atom. The molecule has 0 saturated heterocycles. The number of fused-ring (bicyclic) bond motifs is 1. The second-order valence-corrected chi connectivity index (χ2v) is 4.87. The summed E-state index contributed by atoms with van der Waals surface area (Å²) in [6, 6.07) is 3.56. The van der Waals surface area contributed by atoms with Crippen LogP contribution in [-0.4, -0.2) is 22.1 Å². The molecule has 0 aliphatic rings. The average molecular weight is 311 g/mol. The fourth-order valence-corrected chi connectivity index (χ4v) is 2.31. The summed E-state index contributed by atoms with van der Waals surface area (Å²) < 4.78 is 6.69. The number of esters is 1. The van der Waals surface area contributed by atoms with Gasteiger partial charge in [-0.25, -0.2) is 9.78 Å². The van der Waals surface area contributed by atoms with Crippen LogP contribution in [0.5, 0.6) is 0 Å². The topological polar surface area (TPSA) is 85.0 Å². The third-order valence-electron chi connectivity index (χ3n) is 3.45. The third kappa shape index (κ3) is 3.14. The van der Waals surface area contributed by atoms with Crippen molar-refractivity contribution in [3.05, 3.63) is 45.4 Å². The smallest absolute Gasteiger partial charge is 0.343 e. The van der Waals surface area contributed by atoms with E-state index in [-0.39, 0.29) is 12.2 Å². The van der Waals surface area contributed by atoms with Crippen molar-refractivity contribution < 1.29 is 9.53 Å². The van der Waals surface area contributed by atoms with Gasteiger partial charge in [-0.15, -0.1) is 0 Å². The predicted octanol–water partition coefficient (Wildman–Crippen LogP) is 2.44. The van der Waals surface area contributed by atoms with Crippen LogP contribution in [0, 0.1) is 18.3 Å². The summed E-state index contributed by atoms with van der Waals surface area (Å²) in [5.41, 5.74) is 1.45. The molecule has 0 aromatic carbocycles. The number of nitriles is 1. The summed E-state index contributed by atoms with van der Waals surface area (Å²) in [6.07, 6.45) is 4.40. The number of hydrogen-bond donors (Lipinski definition) is 0. The number of nitrogens with zero attached hydrogens (tertiary/aromatic N) is 3. The van der Waals surface area contributed by atoms with Crippen molar-refractivity contribution in [3.63, 3.8) is 0 Å². The van der Waals surface area contributed by atoms with Crippen molar-refractivity contribution in [1.29, 1.82) is 5.26 Å². The van der Waals surface area contributed by atoms with E-state index >= 15 is 0 Å². The van der Waals surface area contributed by atoms with Crippen LogP contribution < -0.4 is 5.43 Å². The average Bonchev–Trinajstić information content (AvgIpc) is 2.54. The van der Waals surface area contributed by atoms with Gasteiger partial charge in [0.2, 0.25) is 5.43 Å². The van der Waals surface area contributed by atoms with Crippen molar-refractivity contribution in [2.75, 3.05) is 6.61 Å². The van der Waals surface area contributed by atoms with E-state index in [2.05, 4.69) is 4.98 Å². The minimum absolute atomic E-state index is 0.0120. The summed E-state index contributed by atoms with van der Waals surface area (Å²) in [5.74, 6) is -0.642. The first-order chi connectivity index (χ1) is 11.0. The number of aromatic nitrogens is 2. The zero-order valence-corrected chi connectivity index (χ0v) is 13.3. The lowest BCUT2D eigenvalue weighted by molar-refractivity contribution is 0.0524. The van der Waals surface area contributed by atoms with Gasteiger partial charge in [0, 0.05) is 24.5 Å². The minimum Gasteiger partial charge on any atom is -0.462 e. The summed E-state index contributed by atoms with van der Waals surface area (Å²) in [5, 5.41) is 8.99. The maximum Gasteiger partial charge on any atom is 0.343 e. The van der Waals surface area contributed by atoms with E-state index in [9.17, 15) is 9.59 Å². The molecule has 0 bridgehead atoms. The number of allylic oxidation sites excluding steroid dienone is 1. The van der Waals surface area contributed by atoms with Gasteiger partial charge in [0.1, 0.15) is 11.2 Å². The first-order valence-electron chi connectivity index (χ1n) is 7.31. The van der Waals surface area contributed by atoms with E-state index in [1.807, 2.05) is 13.0 Å². The van der Waals surface area contributed by atoms with Crippen molar-refractivity contribution in [3.8, 4) is 6.07 Å². The standard InChI is InChI=1S/C17H17N3O3/c1-4-20-10-14(17(22)23-5-2)15(21)13-9-12(7-6-8-18)11(3)19-16(13)20/h6-7,9-10H,4-5H2,1-3H3/b7-6+. The number of hydrogen-bond acceptors (Lipinski definition) is 5. The van der Waals surface area contributed by atoms with E-state index in [1.165, 1.54) is 12.3 Å².